The Labute approximate surface area is 213 Å². The highest BCUT2D eigenvalue weighted by Gasteiger charge is 2.45. The fourth-order valence-electron chi connectivity index (χ4n) is 5.74. The van der Waals surface area contributed by atoms with Gasteiger partial charge >= 0.3 is 6.09 Å². The lowest BCUT2D eigenvalue weighted by Crippen LogP contribution is -2.57. The molecule has 4 atom stereocenters. The van der Waals surface area contributed by atoms with Gasteiger partial charge in [-0.1, -0.05) is 24.3 Å². The SMILES string of the molecule is CO/C=C1/CC[C@H](NC(=O)OC(C)(C)C)C(=O)N2[C@H](CC[C@H]2C(=O)N[C@@H]2CCCc3ccccc32)C1. The highest BCUT2D eigenvalue weighted by molar-refractivity contribution is 5.92. The zero-order valence-corrected chi connectivity index (χ0v) is 21.8. The fourth-order valence-corrected chi connectivity index (χ4v) is 5.74. The number of hydrogen-bond acceptors (Lipinski definition) is 5. The number of carbonyl (C=O) groups excluding carboxylic acids is 3. The fraction of sp³-hybridized carbons (Fsp3) is 0.607. The van der Waals surface area contributed by atoms with Gasteiger partial charge in [-0.25, -0.2) is 4.79 Å². The summed E-state index contributed by atoms with van der Waals surface area (Å²) >= 11 is 0. The monoisotopic (exact) mass is 497 g/mol. The van der Waals surface area contributed by atoms with Crippen molar-refractivity contribution in [3.8, 4) is 0 Å². The van der Waals surface area contributed by atoms with Gasteiger partial charge in [-0.05, 0) is 88.8 Å². The molecule has 2 aliphatic heterocycles. The van der Waals surface area contributed by atoms with E-state index in [0.717, 1.165) is 31.3 Å². The lowest BCUT2D eigenvalue weighted by atomic mass is 9.87. The molecule has 1 aromatic rings. The van der Waals surface area contributed by atoms with Crippen LogP contribution in [-0.2, 0) is 25.5 Å². The number of alkyl carbamates (subject to hydrolysis) is 1. The van der Waals surface area contributed by atoms with Crippen LogP contribution in [0, 0.1) is 0 Å². The van der Waals surface area contributed by atoms with Crippen molar-refractivity contribution < 1.29 is 23.9 Å². The molecule has 1 aromatic carbocycles. The van der Waals surface area contributed by atoms with Gasteiger partial charge in [0.2, 0.25) is 11.8 Å². The van der Waals surface area contributed by atoms with Crippen LogP contribution < -0.4 is 10.6 Å². The molecule has 0 unspecified atom stereocenters. The predicted molar refractivity (Wildman–Crippen MR) is 136 cm³/mol. The van der Waals surface area contributed by atoms with Gasteiger partial charge in [0.05, 0.1) is 19.4 Å². The third-order valence-corrected chi connectivity index (χ3v) is 7.27. The highest BCUT2D eigenvalue weighted by atomic mass is 16.6. The van der Waals surface area contributed by atoms with Crippen molar-refractivity contribution in [2.45, 2.75) is 102 Å². The summed E-state index contributed by atoms with van der Waals surface area (Å²) in [6.45, 7) is 5.35. The minimum Gasteiger partial charge on any atom is -0.504 e. The van der Waals surface area contributed by atoms with Crippen molar-refractivity contribution in [1.82, 2.24) is 15.5 Å². The minimum absolute atomic E-state index is 0.0500. The van der Waals surface area contributed by atoms with Gasteiger partial charge in [-0.15, -0.1) is 0 Å². The quantitative estimate of drug-likeness (QED) is 0.610. The standard InChI is InChI=1S/C28H39N3O5/c1-28(2,3)36-27(34)30-23-14-12-18(17-35-4)16-20-13-15-24(31(20)26(23)33)25(32)29-22-11-7-9-19-8-5-6-10-21(19)22/h5-6,8,10,17,20,22-24H,7,9,11-16H2,1-4H3,(H,29,32)(H,30,34)/b18-17-/t20-,22-,23+,24+/m1/s1. The van der Waals surface area contributed by atoms with Gasteiger partial charge < -0.3 is 25.0 Å². The normalized spacial score (nSPS) is 27.4. The molecule has 0 radical (unpaired) electrons. The van der Waals surface area contributed by atoms with Crippen LogP contribution in [0.5, 0.6) is 0 Å². The molecule has 2 N–H and O–H groups in total. The third kappa shape index (κ3) is 6.02. The van der Waals surface area contributed by atoms with Crippen molar-refractivity contribution in [2.75, 3.05) is 7.11 Å². The lowest BCUT2D eigenvalue weighted by molar-refractivity contribution is -0.142. The number of benzene rings is 1. The molecule has 4 rings (SSSR count). The Hall–Kier alpha value is -3.03. The molecule has 2 fully saturated rings. The number of amides is 3. The third-order valence-electron chi connectivity index (χ3n) is 7.27. The van der Waals surface area contributed by atoms with Crippen LogP contribution in [0.25, 0.3) is 0 Å². The van der Waals surface area contributed by atoms with Crippen molar-refractivity contribution >= 4 is 17.9 Å². The Morgan fingerprint density at radius 2 is 1.81 bits per heavy atom. The van der Waals surface area contributed by atoms with Crippen LogP contribution in [0.3, 0.4) is 0 Å². The number of aryl methyl sites for hydroxylation is 1. The molecule has 0 saturated carbocycles. The summed E-state index contributed by atoms with van der Waals surface area (Å²) in [6, 6.07) is 6.74. The lowest BCUT2D eigenvalue weighted by Gasteiger charge is -2.36. The topological polar surface area (TPSA) is 97.0 Å². The van der Waals surface area contributed by atoms with E-state index in [9.17, 15) is 14.4 Å². The van der Waals surface area contributed by atoms with E-state index in [1.165, 1.54) is 11.1 Å². The molecule has 2 saturated heterocycles. The maximum atomic E-state index is 13.8. The molecule has 1 aliphatic carbocycles. The molecule has 2 heterocycles. The Morgan fingerprint density at radius 1 is 1.03 bits per heavy atom. The number of fused-ring (bicyclic) bond motifs is 2. The number of methoxy groups -OCH3 is 1. The smallest absolute Gasteiger partial charge is 0.408 e. The maximum absolute atomic E-state index is 13.8. The van der Waals surface area contributed by atoms with Crippen molar-refractivity contribution in [3.05, 3.63) is 47.2 Å². The number of nitrogens with one attached hydrogen (secondary N) is 2. The first kappa shape index (κ1) is 26.0. The first-order chi connectivity index (χ1) is 17.2. The summed E-state index contributed by atoms with van der Waals surface area (Å²) in [5.41, 5.74) is 2.83. The van der Waals surface area contributed by atoms with Crippen molar-refractivity contribution in [2.24, 2.45) is 0 Å². The van der Waals surface area contributed by atoms with Crippen LogP contribution in [0.4, 0.5) is 4.79 Å². The van der Waals surface area contributed by atoms with E-state index >= 15 is 0 Å². The van der Waals surface area contributed by atoms with Crippen LogP contribution in [0.15, 0.2) is 36.1 Å². The van der Waals surface area contributed by atoms with E-state index in [2.05, 4.69) is 22.8 Å². The van der Waals surface area contributed by atoms with Crippen LogP contribution in [-0.4, -0.2) is 53.6 Å². The molecule has 8 heteroatoms. The summed E-state index contributed by atoms with van der Waals surface area (Å²) in [5.74, 6) is -0.342. The summed E-state index contributed by atoms with van der Waals surface area (Å²) in [5, 5.41) is 6.02. The predicted octanol–water partition coefficient (Wildman–Crippen LogP) is 4.15. The largest absolute Gasteiger partial charge is 0.504 e. The summed E-state index contributed by atoms with van der Waals surface area (Å²) in [7, 11) is 1.61. The Balaban J connectivity index is 1.54. The molecule has 0 bridgehead atoms. The first-order valence-corrected chi connectivity index (χ1v) is 13.1. The highest BCUT2D eigenvalue weighted by Crippen LogP contribution is 2.35. The van der Waals surface area contributed by atoms with Gasteiger partial charge in [0.15, 0.2) is 0 Å². The van der Waals surface area contributed by atoms with E-state index in [1.54, 1.807) is 39.0 Å². The van der Waals surface area contributed by atoms with Gasteiger partial charge in [0.1, 0.15) is 17.7 Å². The Kier molecular flexibility index (Phi) is 7.91. The van der Waals surface area contributed by atoms with Crippen LogP contribution in [0.2, 0.25) is 0 Å². The number of carbonyl (C=O) groups is 3. The van der Waals surface area contributed by atoms with Gasteiger partial charge in [0, 0.05) is 6.04 Å². The van der Waals surface area contributed by atoms with Crippen molar-refractivity contribution in [1.29, 1.82) is 0 Å². The Morgan fingerprint density at radius 3 is 2.56 bits per heavy atom. The Bertz CT molecular complexity index is 1010. The molecule has 0 spiro atoms. The molecule has 0 aromatic heterocycles. The van der Waals surface area contributed by atoms with Gasteiger partial charge in [0.25, 0.3) is 0 Å². The summed E-state index contributed by atoms with van der Waals surface area (Å²) in [6.07, 6.45) is 7.04. The van der Waals surface area contributed by atoms with Crippen molar-refractivity contribution in [3.63, 3.8) is 0 Å². The average molecular weight is 498 g/mol. The van der Waals surface area contributed by atoms with E-state index in [0.29, 0.717) is 25.7 Å². The molecular formula is C28H39N3O5. The molecule has 3 amide bonds. The van der Waals surface area contributed by atoms with E-state index < -0.39 is 23.8 Å². The summed E-state index contributed by atoms with van der Waals surface area (Å²) < 4.78 is 10.7. The van der Waals surface area contributed by atoms with E-state index in [1.807, 2.05) is 12.1 Å². The molecule has 36 heavy (non-hydrogen) atoms. The minimum atomic E-state index is -0.772. The second-order valence-corrected chi connectivity index (χ2v) is 11.1. The second-order valence-electron chi connectivity index (χ2n) is 11.1. The second kappa shape index (κ2) is 10.9. The number of nitrogens with zero attached hydrogens (tertiary/aromatic N) is 1. The van der Waals surface area contributed by atoms with Crippen LogP contribution in [0.1, 0.15) is 82.9 Å². The van der Waals surface area contributed by atoms with Crippen LogP contribution >= 0.6 is 0 Å². The maximum Gasteiger partial charge on any atom is 0.408 e. The molecule has 8 nitrogen and oxygen atoms in total. The number of ether oxygens (including phenoxy) is 2. The van der Waals surface area contributed by atoms with Gasteiger partial charge in [-0.2, -0.15) is 0 Å². The zero-order chi connectivity index (χ0) is 25.9. The number of hydrogen-bond donors (Lipinski definition) is 2. The van der Waals surface area contributed by atoms with E-state index in [-0.39, 0.29) is 23.9 Å². The molecule has 196 valence electrons. The molecule has 3 aliphatic rings. The zero-order valence-electron chi connectivity index (χ0n) is 21.8. The first-order valence-electron chi connectivity index (χ1n) is 13.1. The van der Waals surface area contributed by atoms with Gasteiger partial charge in [-0.3, -0.25) is 9.59 Å². The average Bonchev–Trinajstić information content (AvgIpc) is 3.23. The number of rotatable bonds is 4. The summed E-state index contributed by atoms with van der Waals surface area (Å²) in [4.78, 5) is 41.6. The van der Waals surface area contributed by atoms with E-state index in [4.69, 9.17) is 9.47 Å². The molecular weight excluding hydrogens is 458 g/mol.